The normalized spacial score (nSPS) is 10.9. The van der Waals surface area contributed by atoms with Crippen LogP contribution in [0.1, 0.15) is 0 Å². The predicted octanol–water partition coefficient (Wildman–Crippen LogP) is 4.60. The van der Waals surface area contributed by atoms with Gasteiger partial charge in [0.2, 0.25) is 0 Å². The number of nitrogens with one attached hydrogen (secondary N) is 1. The van der Waals surface area contributed by atoms with E-state index in [1.165, 1.54) is 12.1 Å². The van der Waals surface area contributed by atoms with Crippen LogP contribution in [0.2, 0.25) is 0 Å². The maximum absolute atomic E-state index is 13.5. The molecule has 0 saturated carbocycles. The summed E-state index contributed by atoms with van der Waals surface area (Å²) in [6, 6.07) is 10.1. The molecule has 3 nitrogen and oxygen atoms in total. The maximum atomic E-state index is 13.5. The van der Waals surface area contributed by atoms with E-state index in [1.54, 1.807) is 17.7 Å². The highest BCUT2D eigenvalue weighted by molar-refractivity contribution is 9.10. The molecule has 0 amide bonds. The van der Waals surface area contributed by atoms with Gasteiger partial charge in [0.15, 0.2) is 4.77 Å². The molecule has 1 heterocycles. The Morgan fingerprint density at radius 2 is 2.05 bits per heavy atom. The quantitative estimate of drug-likeness (QED) is 0.683. The van der Waals surface area contributed by atoms with E-state index in [2.05, 4.69) is 20.9 Å². The Morgan fingerprint density at radius 3 is 2.80 bits per heavy atom. The number of hydrogen-bond donors (Lipinski definition) is 1. The molecule has 0 fully saturated rings. The zero-order valence-corrected chi connectivity index (χ0v) is 12.9. The topological polar surface area (TPSA) is 29.9 Å². The number of benzene rings is 2. The number of aromatic amines is 1. The zero-order chi connectivity index (χ0) is 14.3. The van der Waals surface area contributed by atoms with E-state index < -0.39 is 0 Å². The average Bonchev–Trinajstić information content (AvgIpc) is 2.74. The Labute approximate surface area is 128 Å². The fourth-order valence-electron chi connectivity index (χ4n) is 2.15. The lowest BCUT2D eigenvalue weighted by atomic mass is 10.2. The lowest BCUT2D eigenvalue weighted by molar-refractivity contribution is 0.413. The third-order valence-electron chi connectivity index (χ3n) is 3.03. The van der Waals surface area contributed by atoms with Gasteiger partial charge >= 0.3 is 0 Å². The minimum absolute atomic E-state index is 0.311. The number of nitrogens with zero attached hydrogens (tertiary/aromatic N) is 1. The second-order valence-corrected chi connectivity index (χ2v) is 5.55. The van der Waals surface area contributed by atoms with Crippen LogP contribution in [-0.4, -0.2) is 16.7 Å². The summed E-state index contributed by atoms with van der Waals surface area (Å²) in [4.78, 5) is 3.06. The Balaban J connectivity index is 2.40. The van der Waals surface area contributed by atoms with Gasteiger partial charge in [0.25, 0.3) is 0 Å². The largest absolute Gasteiger partial charge is 0.495 e. The van der Waals surface area contributed by atoms with Crippen molar-refractivity contribution in [2.24, 2.45) is 0 Å². The van der Waals surface area contributed by atoms with Crippen LogP contribution in [0.4, 0.5) is 4.39 Å². The zero-order valence-electron chi connectivity index (χ0n) is 10.5. The molecule has 20 heavy (non-hydrogen) atoms. The molecule has 102 valence electrons. The van der Waals surface area contributed by atoms with Crippen molar-refractivity contribution in [3.05, 3.63) is 51.5 Å². The van der Waals surface area contributed by atoms with Crippen molar-refractivity contribution >= 4 is 39.2 Å². The number of H-pyrrole nitrogens is 1. The van der Waals surface area contributed by atoms with Crippen molar-refractivity contribution in [3.8, 4) is 11.4 Å². The van der Waals surface area contributed by atoms with Crippen molar-refractivity contribution in [3.63, 3.8) is 0 Å². The van der Waals surface area contributed by atoms with Crippen molar-refractivity contribution in [1.29, 1.82) is 0 Å². The SMILES string of the molecule is COc1ccc(Br)cc1-n1c(=S)[nH]c2ccc(F)cc21. The summed E-state index contributed by atoms with van der Waals surface area (Å²) in [5, 5.41) is 0. The monoisotopic (exact) mass is 352 g/mol. The molecular weight excluding hydrogens is 343 g/mol. The maximum Gasteiger partial charge on any atom is 0.182 e. The van der Waals surface area contributed by atoms with Crippen molar-refractivity contribution in [2.45, 2.75) is 0 Å². The molecule has 1 aromatic heterocycles. The van der Waals surface area contributed by atoms with Crippen molar-refractivity contribution in [1.82, 2.24) is 9.55 Å². The molecule has 0 radical (unpaired) electrons. The van der Waals surface area contributed by atoms with E-state index in [4.69, 9.17) is 17.0 Å². The summed E-state index contributed by atoms with van der Waals surface area (Å²) < 4.78 is 22.0. The molecule has 0 aliphatic rings. The highest BCUT2D eigenvalue weighted by Crippen LogP contribution is 2.30. The number of hydrogen-bond acceptors (Lipinski definition) is 2. The predicted molar refractivity (Wildman–Crippen MR) is 82.7 cm³/mol. The summed E-state index contributed by atoms with van der Waals surface area (Å²) in [5.74, 6) is 0.351. The molecule has 0 spiro atoms. The van der Waals surface area contributed by atoms with Crippen LogP contribution in [-0.2, 0) is 0 Å². The van der Waals surface area contributed by atoms with Crippen LogP contribution in [0, 0.1) is 10.6 Å². The molecule has 1 N–H and O–H groups in total. The first-order chi connectivity index (χ1) is 9.60. The van der Waals surface area contributed by atoms with E-state index in [9.17, 15) is 4.39 Å². The van der Waals surface area contributed by atoms with Gasteiger partial charge in [-0.1, -0.05) is 15.9 Å². The number of imidazole rings is 1. The Kier molecular flexibility index (Phi) is 3.35. The van der Waals surface area contributed by atoms with Crippen LogP contribution >= 0.6 is 28.1 Å². The van der Waals surface area contributed by atoms with E-state index in [-0.39, 0.29) is 5.82 Å². The van der Waals surface area contributed by atoms with Gasteiger partial charge in [-0.25, -0.2) is 4.39 Å². The summed E-state index contributed by atoms with van der Waals surface area (Å²) in [7, 11) is 1.59. The lowest BCUT2D eigenvalue weighted by Crippen LogP contribution is -1.98. The van der Waals surface area contributed by atoms with E-state index in [1.807, 2.05) is 18.2 Å². The van der Waals surface area contributed by atoms with Gasteiger partial charge in [-0.15, -0.1) is 0 Å². The Morgan fingerprint density at radius 1 is 1.25 bits per heavy atom. The smallest absolute Gasteiger partial charge is 0.182 e. The van der Waals surface area contributed by atoms with Crippen molar-refractivity contribution < 1.29 is 9.13 Å². The number of ether oxygens (including phenoxy) is 1. The van der Waals surface area contributed by atoms with Gasteiger partial charge in [-0.3, -0.25) is 4.57 Å². The van der Waals surface area contributed by atoms with Gasteiger partial charge in [0.05, 0.1) is 23.8 Å². The van der Waals surface area contributed by atoms with Crippen LogP contribution in [0.5, 0.6) is 5.75 Å². The molecule has 0 atom stereocenters. The van der Waals surface area contributed by atoms with Gasteiger partial charge in [0.1, 0.15) is 11.6 Å². The fourth-order valence-corrected chi connectivity index (χ4v) is 2.81. The molecular formula is C14H10BrFN2OS. The molecule has 0 unspecified atom stereocenters. The summed E-state index contributed by atoms with van der Waals surface area (Å²) in [6.45, 7) is 0. The molecule has 6 heteroatoms. The summed E-state index contributed by atoms with van der Waals surface area (Å²) in [5.41, 5.74) is 2.20. The average molecular weight is 353 g/mol. The second-order valence-electron chi connectivity index (χ2n) is 4.24. The molecule has 3 rings (SSSR count). The molecule has 0 bridgehead atoms. The van der Waals surface area contributed by atoms with Gasteiger partial charge < -0.3 is 9.72 Å². The molecule has 3 aromatic rings. The molecule has 0 saturated heterocycles. The molecule has 2 aromatic carbocycles. The molecule has 0 aliphatic heterocycles. The van der Waals surface area contributed by atoms with Gasteiger partial charge in [-0.2, -0.15) is 0 Å². The number of fused-ring (bicyclic) bond motifs is 1. The van der Waals surface area contributed by atoms with E-state index >= 15 is 0 Å². The highest BCUT2D eigenvalue weighted by atomic mass is 79.9. The first kappa shape index (κ1) is 13.3. The van der Waals surface area contributed by atoms with E-state index in [0.29, 0.717) is 16.0 Å². The van der Waals surface area contributed by atoms with Crippen molar-refractivity contribution in [2.75, 3.05) is 7.11 Å². The Bertz CT molecular complexity index is 856. The van der Waals surface area contributed by atoms with Gasteiger partial charge in [0, 0.05) is 10.5 Å². The fraction of sp³-hybridized carbons (Fsp3) is 0.0714. The van der Waals surface area contributed by atoms with Crippen LogP contribution in [0.25, 0.3) is 16.7 Å². The second kappa shape index (κ2) is 5.03. The summed E-state index contributed by atoms with van der Waals surface area (Å²) >= 11 is 8.77. The number of aromatic nitrogens is 2. The molecule has 0 aliphatic carbocycles. The van der Waals surface area contributed by atoms with Crippen LogP contribution < -0.4 is 4.74 Å². The lowest BCUT2D eigenvalue weighted by Gasteiger charge is -2.11. The number of halogens is 2. The first-order valence-electron chi connectivity index (χ1n) is 5.84. The number of rotatable bonds is 2. The Hall–Kier alpha value is -1.66. The number of methoxy groups -OCH3 is 1. The first-order valence-corrected chi connectivity index (χ1v) is 7.04. The van der Waals surface area contributed by atoms with Crippen LogP contribution in [0.15, 0.2) is 40.9 Å². The standard InChI is InChI=1S/C14H10BrFN2OS/c1-19-13-5-2-8(15)6-12(13)18-11-7-9(16)3-4-10(11)17-14(18)20/h2-7H,1H3,(H,17,20). The third kappa shape index (κ3) is 2.14. The van der Waals surface area contributed by atoms with Crippen LogP contribution in [0.3, 0.4) is 0 Å². The van der Waals surface area contributed by atoms with Gasteiger partial charge in [-0.05, 0) is 42.5 Å². The highest BCUT2D eigenvalue weighted by Gasteiger charge is 2.12. The minimum atomic E-state index is -0.311. The minimum Gasteiger partial charge on any atom is -0.495 e. The third-order valence-corrected chi connectivity index (χ3v) is 3.81. The summed E-state index contributed by atoms with van der Waals surface area (Å²) in [6.07, 6.45) is 0. The van der Waals surface area contributed by atoms with E-state index in [0.717, 1.165) is 15.7 Å².